The number of benzene rings is 1. The highest BCUT2D eigenvalue weighted by Crippen LogP contribution is 2.28. The van der Waals surface area contributed by atoms with Crippen LogP contribution in [0.2, 0.25) is 0 Å². The zero-order valence-electron chi connectivity index (χ0n) is 7.91. The van der Waals surface area contributed by atoms with Crippen molar-refractivity contribution < 1.29 is 9.57 Å². The normalized spacial score (nSPS) is 10.7. The number of methoxy groups -OCH3 is 1. The molecule has 0 aliphatic rings. The van der Waals surface area contributed by atoms with Gasteiger partial charge in [-0.3, -0.25) is 4.84 Å². The van der Waals surface area contributed by atoms with Crippen LogP contribution in [0, 0.1) is 0 Å². The van der Waals surface area contributed by atoms with Crippen LogP contribution < -0.4 is 10.6 Å². The molecule has 14 heavy (non-hydrogen) atoms. The molecule has 0 aliphatic heterocycles. The minimum absolute atomic E-state index is 0.375. The van der Waals surface area contributed by atoms with Crippen molar-refractivity contribution in [2.75, 3.05) is 7.11 Å². The summed E-state index contributed by atoms with van der Waals surface area (Å²) in [4.78, 5) is 7.75. The lowest BCUT2D eigenvalue weighted by atomic mass is 10.1. The molecule has 1 heterocycles. The quantitative estimate of drug-likeness (QED) is 0.725. The Kier molecular flexibility index (Phi) is 2.39. The smallest absolute Gasteiger partial charge is 0.128 e. The van der Waals surface area contributed by atoms with E-state index in [1.807, 2.05) is 24.4 Å². The number of nitrogens with one attached hydrogen (secondary N) is 1. The Balaban J connectivity index is 2.62. The summed E-state index contributed by atoms with van der Waals surface area (Å²) in [5, 5.41) is 1.03. The fourth-order valence-electron chi connectivity index (χ4n) is 1.59. The first-order valence-electron chi connectivity index (χ1n) is 4.31. The molecule has 0 saturated heterocycles. The molecule has 0 fully saturated rings. The molecule has 3 N–H and O–H groups in total. The standard InChI is InChI=1S/C10H12N2O2/c1-13-9-4-2-3-8-10(9)7(5-12-8)6-14-11/h2-5,12H,6,11H2,1H3. The summed E-state index contributed by atoms with van der Waals surface area (Å²) in [5.74, 6) is 5.88. The van der Waals surface area contributed by atoms with Crippen molar-refractivity contribution in [3.63, 3.8) is 0 Å². The van der Waals surface area contributed by atoms with Crippen LogP contribution in [0.15, 0.2) is 24.4 Å². The van der Waals surface area contributed by atoms with Crippen molar-refractivity contribution in [1.29, 1.82) is 0 Å². The van der Waals surface area contributed by atoms with Gasteiger partial charge < -0.3 is 9.72 Å². The number of aromatic nitrogens is 1. The summed E-state index contributed by atoms with van der Waals surface area (Å²) >= 11 is 0. The summed E-state index contributed by atoms with van der Waals surface area (Å²) in [7, 11) is 1.65. The van der Waals surface area contributed by atoms with E-state index in [0.717, 1.165) is 22.2 Å². The lowest BCUT2D eigenvalue weighted by Crippen LogP contribution is -1.98. The molecule has 1 aromatic heterocycles. The fourth-order valence-corrected chi connectivity index (χ4v) is 1.59. The largest absolute Gasteiger partial charge is 0.496 e. The lowest BCUT2D eigenvalue weighted by molar-refractivity contribution is 0.125. The lowest BCUT2D eigenvalue weighted by Gasteiger charge is -2.03. The van der Waals surface area contributed by atoms with Gasteiger partial charge in [0.1, 0.15) is 5.75 Å². The van der Waals surface area contributed by atoms with Gasteiger partial charge in [0, 0.05) is 22.7 Å². The number of hydrogen-bond donors (Lipinski definition) is 2. The first kappa shape index (κ1) is 9.05. The molecule has 4 heteroatoms. The van der Waals surface area contributed by atoms with E-state index in [2.05, 4.69) is 9.82 Å². The highest BCUT2D eigenvalue weighted by atomic mass is 16.6. The van der Waals surface area contributed by atoms with Gasteiger partial charge in [-0.05, 0) is 12.1 Å². The molecule has 1 aromatic carbocycles. The second kappa shape index (κ2) is 3.69. The molecule has 2 rings (SSSR count). The van der Waals surface area contributed by atoms with E-state index in [-0.39, 0.29) is 0 Å². The van der Waals surface area contributed by atoms with Gasteiger partial charge in [-0.25, -0.2) is 5.90 Å². The molecule has 0 unspecified atom stereocenters. The molecule has 74 valence electrons. The molecule has 0 amide bonds. The van der Waals surface area contributed by atoms with Crippen molar-refractivity contribution in [1.82, 2.24) is 4.98 Å². The van der Waals surface area contributed by atoms with E-state index in [4.69, 9.17) is 10.6 Å². The molecular formula is C10H12N2O2. The first-order valence-corrected chi connectivity index (χ1v) is 4.31. The predicted molar refractivity (Wildman–Crippen MR) is 53.8 cm³/mol. The van der Waals surface area contributed by atoms with Gasteiger partial charge in [0.25, 0.3) is 0 Å². The Morgan fingerprint density at radius 2 is 2.29 bits per heavy atom. The van der Waals surface area contributed by atoms with Gasteiger partial charge in [0.2, 0.25) is 0 Å². The fraction of sp³-hybridized carbons (Fsp3) is 0.200. The van der Waals surface area contributed by atoms with Gasteiger partial charge in [-0.2, -0.15) is 0 Å². The molecule has 0 saturated carbocycles. The highest BCUT2D eigenvalue weighted by Gasteiger charge is 2.08. The van der Waals surface area contributed by atoms with E-state index >= 15 is 0 Å². The first-order chi connectivity index (χ1) is 6.86. The molecule has 2 aromatic rings. The molecule has 0 bridgehead atoms. The van der Waals surface area contributed by atoms with Crippen molar-refractivity contribution in [2.45, 2.75) is 6.61 Å². The Morgan fingerprint density at radius 1 is 1.43 bits per heavy atom. The molecular weight excluding hydrogens is 180 g/mol. The third-order valence-electron chi connectivity index (χ3n) is 2.21. The van der Waals surface area contributed by atoms with Crippen LogP contribution in [-0.2, 0) is 11.4 Å². The highest BCUT2D eigenvalue weighted by molar-refractivity contribution is 5.89. The zero-order valence-corrected chi connectivity index (χ0v) is 7.91. The number of nitrogens with two attached hydrogens (primary N) is 1. The summed E-state index contributed by atoms with van der Waals surface area (Å²) in [5.41, 5.74) is 2.02. The molecule has 0 radical (unpaired) electrons. The monoisotopic (exact) mass is 192 g/mol. The average molecular weight is 192 g/mol. The minimum atomic E-state index is 0.375. The Morgan fingerprint density at radius 3 is 3.00 bits per heavy atom. The van der Waals surface area contributed by atoms with Crippen LogP contribution >= 0.6 is 0 Å². The van der Waals surface area contributed by atoms with Gasteiger partial charge >= 0.3 is 0 Å². The maximum atomic E-state index is 5.26. The van der Waals surface area contributed by atoms with Crippen LogP contribution in [0.1, 0.15) is 5.56 Å². The van der Waals surface area contributed by atoms with Gasteiger partial charge in [-0.1, -0.05) is 6.07 Å². The maximum absolute atomic E-state index is 5.26. The van der Waals surface area contributed by atoms with E-state index in [9.17, 15) is 0 Å². The number of aromatic amines is 1. The number of rotatable bonds is 3. The predicted octanol–water partition coefficient (Wildman–Crippen LogP) is 1.57. The number of hydrogen-bond acceptors (Lipinski definition) is 3. The van der Waals surface area contributed by atoms with Crippen LogP contribution in [-0.4, -0.2) is 12.1 Å². The average Bonchev–Trinajstić information content (AvgIpc) is 2.62. The van der Waals surface area contributed by atoms with Crippen LogP contribution in [0.5, 0.6) is 5.75 Å². The SMILES string of the molecule is COc1cccc2[nH]cc(CON)c12. The molecule has 0 atom stereocenters. The minimum Gasteiger partial charge on any atom is -0.496 e. The summed E-state index contributed by atoms with van der Waals surface area (Å²) in [6.45, 7) is 0.375. The van der Waals surface area contributed by atoms with Crippen LogP contribution in [0.25, 0.3) is 10.9 Å². The topological polar surface area (TPSA) is 60.3 Å². The second-order valence-corrected chi connectivity index (χ2v) is 3.01. The maximum Gasteiger partial charge on any atom is 0.128 e. The Bertz CT molecular complexity index is 437. The van der Waals surface area contributed by atoms with Gasteiger partial charge in [-0.15, -0.1) is 0 Å². The van der Waals surface area contributed by atoms with Crippen molar-refractivity contribution in [2.24, 2.45) is 5.90 Å². The second-order valence-electron chi connectivity index (χ2n) is 3.01. The van der Waals surface area contributed by atoms with E-state index in [1.165, 1.54) is 0 Å². The summed E-state index contributed by atoms with van der Waals surface area (Å²) in [6, 6.07) is 5.83. The van der Waals surface area contributed by atoms with Crippen molar-refractivity contribution in [3.05, 3.63) is 30.0 Å². The van der Waals surface area contributed by atoms with E-state index < -0.39 is 0 Å². The van der Waals surface area contributed by atoms with E-state index in [1.54, 1.807) is 7.11 Å². The Labute approximate surface area is 81.6 Å². The van der Waals surface area contributed by atoms with Gasteiger partial charge in [0.15, 0.2) is 0 Å². The molecule has 4 nitrogen and oxygen atoms in total. The number of H-pyrrole nitrogens is 1. The molecule has 0 aliphatic carbocycles. The van der Waals surface area contributed by atoms with Crippen LogP contribution in [0.4, 0.5) is 0 Å². The summed E-state index contributed by atoms with van der Waals surface area (Å²) < 4.78 is 5.26. The third kappa shape index (κ3) is 1.34. The van der Waals surface area contributed by atoms with Gasteiger partial charge in [0.05, 0.1) is 13.7 Å². The third-order valence-corrected chi connectivity index (χ3v) is 2.21. The van der Waals surface area contributed by atoms with Crippen LogP contribution in [0.3, 0.4) is 0 Å². The summed E-state index contributed by atoms with van der Waals surface area (Å²) in [6.07, 6.45) is 1.88. The van der Waals surface area contributed by atoms with E-state index in [0.29, 0.717) is 6.61 Å². The number of ether oxygens (including phenoxy) is 1. The zero-order chi connectivity index (χ0) is 9.97. The van der Waals surface area contributed by atoms with Crippen molar-refractivity contribution in [3.8, 4) is 5.75 Å². The van der Waals surface area contributed by atoms with Crippen molar-refractivity contribution >= 4 is 10.9 Å². The Hall–Kier alpha value is -1.52. The number of fused-ring (bicyclic) bond motifs is 1. The molecule has 0 spiro atoms.